The van der Waals surface area contributed by atoms with E-state index >= 15 is 0 Å². The minimum absolute atomic E-state index is 0.0353. The number of alkyl halides is 3. The van der Waals surface area contributed by atoms with E-state index in [-0.39, 0.29) is 5.02 Å². The molecule has 0 spiro atoms. The minimum atomic E-state index is -4.41. The molecule has 8 heteroatoms. The number of nitrogens with one attached hydrogen (secondary N) is 1. The fourth-order valence-corrected chi connectivity index (χ4v) is 3.30. The van der Waals surface area contributed by atoms with Crippen molar-refractivity contribution in [1.82, 2.24) is 10.3 Å². The Balaban J connectivity index is 1.78. The molecule has 21 heavy (non-hydrogen) atoms. The van der Waals surface area contributed by atoms with Crippen molar-refractivity contribution in [2.24, 2.45) is 0 Å². The lowest BCUT2D eigenvalue weighted by Crippen LogP contribution is -2.15. The summed E-state index contributed by atoms with van der Waals surface area (Å²) in [5.41, 5.74) is -0.826. The third kappa shape index (κ3) is 5.18. The molecule has 0 aromatic carbocycles. The van der Waals surface area contributed by atoms with Crippen molar-refractivity contribution in [3.8, 4) is 0 Å². The van der Waals surface area contributed by atoms with Gasteiger partial charge in [-0.15, -0.1) is 23.1 Å². The van der Waals surface area contributed by atoms with Crippen LogP contribution in [0.5, 0.6) is 0 Å². The third-order valence-electron chi connectivity index (χ3n) is 2.53. The fraction of sp³-hybridized carbons (Fsp3) is 0.308. The maximum absolute atomic E-state index is 12.5. The summed E-state index contributed by atoms with van der Waals surface area (Å²) < 4.78 is 37.4. The van der Waals surface area contributed by atoms with Crippen LogP contribution >= 0.6 is 34.7 Å². The molecule has 0 amide bonds. The first kappa shape index (κ1) is 16.6. The van der Waals surface area contributed by atoms with Crippen LogP contribution in [-0.2, 0) is 12.7 Å². The molecule has 0 fully saturated rings. The summed E-state index contributed by atoms with van der Waals surface area (Å²) in [4.78, 5) is 5.02. The highest BCUT2D eigenvalue weighted by atomic mass is 35.5. The summed E-state index contributed by atoms with van der Waals surface area (Å²) in [5.74, 6) is 0.684. The van der Waals surface area contributed by atoms with Crippen molar-refractivity contribution in [1.29, 1.82) is 0 Å². The van der Waals surface area contributed by atoms with Crippen LogP contribution < -0.4 is 5.32 Å². The second-order valence-corrected chi connectivity index (χ2v) is 6.64. The largest absolute Gasteiger partial charge is 0.417 e. The summed E-state index contributed by atoms with van der Waals surface area (Å²) in [7, 11) is 0. The molecular weight excluding hydrogens is 341 g/mol. The van der Waals surface area contributed by atoms with Crippen LogP contribution in [0.2, 0.25) is 5.02 Å². The molecule has 0 atom stereocenters. The van der Waals surface area contributed by atoms with Gasteiger partial charge in [-0.05, 0) is 17.5 Å². The molecule has 2 aromatic heterocycles. The van der Waals surface area contributed by atoms with Gasteiger partial charge in [-0.1, -0.05) is 17.7 Å². The van der Waals surface area contributed by atoms with Crippen LogP contribution in [0.25, 0.3) is 0 Å². The Kier molecular flexibility index (Phi) is 5.92. The Morgan fingerprint density at radius 2 is 2.19 bits per heavy atom. The van der Waals surface area contributed by atoms with E-state index in [1.807, 2.05) is 17.5 Å². The maximum atomic E-state index is 12.5. The van der Waals surface area contributed by atoms with Gasteiger partial charge < -0.3 is 5.32 Å². The van der Waals surface area contributed by atoms with E-state index in [2.05, 4.69) is 10.3 Å². The lowest BCUT2D eigenvalue weighted by molar-refractivity contribution is -0.137. The second kappa shape index (κ2) is 7.49. The second-order valence-electron chi connectivity index (χ2n) is 4.11. The SMILES string of the molecule is FC(F)(F)c1cnc(SCCNCc2cccs2)c(Cl)c1. The normalized spacial score (nSPS) is 11.8. The molecule has 0 saturated carbocycles. The lowest BCUT2D eigenvalue weighted by atomic mass is 10.3. The lowest BCUT2D eigenvalue weighted by Gasteiger charge is -2.09. The van der Waals surface area contributed by atoms with Crippen molar-refractivity contribution in [2.75, 3.05) is 12.3 Å². The van der Waals surface area contributed by atoms with Crippen molar-refractivity contribution in [3.05, 3.63) is 45.2 Å². The van der Waals surface area contributed by atoms with E-state index in [1.165, 1.54) is 16.6 Å². The van der Waals surface area contributed by atoms with E-state index in [9.17, 15) is 13.2 Å². The molecule has 0 unspecified atom stereocenters. The monoisotopic (exact) mass is 352 g/mol. The molecule has 0 aliphatic rings. The number of nitrogens with zero attached hydrogens (tertiary/aromatic N) is 1. The molecule has 0 radical (unpaired) electrons. The van der Waals surface area contributed by atoms with E-state index in [4.69, 9.17) is 11.6 Å². The number of hydrogen-bond donors (Lipinski definition) is 1. The predicted octanol–water partition coefficient (Wildman–Crippen LogP) is 4.70. The molecule has 0 bridgehead atoms. The minimum Gasteiger partial charge on any atom is -0.311 e. The van der Waals surface area contributed by atoms with Crippen molar-refractivity contribution in [2.45, 2.75) is 17.7 Å². The summed E-state index contributed by atoms with van der Waals surface area (Å²) in [6.07, 6.45) is -3.60. The molecule has 114 valence electrons. The average Bonchev–Trinajstić information content (AvgIpc) is 2.92. The molecule has 2 rings (SSSR count). The molecule has 2 aromatic rings. The quantitative estimate of drug-likeness (QED) is 0.602. The number of thioether (sulfide) groups is 1. The number of aromatic nitrogens is 1. The van der Waals surface area contributed by atoms with E-state index in [0.29, 0.717) is 10.8 Å². The summed E-state index contributed by atoms with van der Waals surface area (Å²) in [6.45, 7) is 1.51. The van der Waals surface area contributed by atoms with Gasteiger partial charge in [0.1, 0.15) is 5.03 Å². The van der Waals surface area contributed by atoms with Crippen LogP contribution in [0.3, 0.4) is 0 Å². The van der Waals surface area contributed by atoms with Gasteiger partial charge in [-0.2, -0.15) is 13.2 Å². The van der Waals surface area contributed by atoms with Crippen LogP contribution in [0.15, 0.2) is 34.8 Å². The molecule has 0 saturated heterocycles. The zero-order valence-corrected chi connectivity index (χ0v) is 13.2. The van der Waals surface area contributed by atoms with E-state index < -0.39 is 11.7 Å². The number of thiophene rings is 1. The summed E-state index contributed by atoms with van der Waals surface area (Å²) in [5, 5.41) is 5.72. The van der Waals surface area contributed by atoms with Crippen molar-refractivity contribution >= 4 is 34.7 Å². The number of rotatable bonds is 6. The Labute approximate surface area is 133 Å². The summed E-state index contributed by atoms with van der Waals surface area (Å²) >= 11 is 8.84. The van der Waals surface area contributed by atoms with Crippen LogP contribution in [-0.4, -0.2) is 17.3 Å². The number of halogens is 4. The topological polar surface area (TPSA) is 24.9 Å². The van der Waals surface area contributed by atoms with Gasteiger partial charge >= 0.3 is 6.18 Å². The first-order valence-corrected chi connectivity index (χ1v) is 8.30. The molecule has 2 nitrogen and oxygen atoms in total. The van der Waals surface area contributed by atoms with Crippen molar-refractivity contribution in [3.63, 3.8) is 0 Å². The van der Waals surface area contributed by atoms with Crippen LogP contribution in [0.1, 0.15) is 10.4 Å². The molecular formula is C13H12ClF3N2S2. The Bertz CT molecular complexity index is 573. The van der Waals surface area contributed by atoms with E-state index in [1.54, 1.807) is 11.3 Å². The van der Waals surface area contributed by atoms with Gasteiger partial charge in [-0.3, -0.25) is 0 Å². The highest BCUT2D eigenvalue weighted by Crippen LogP contribution is 2.33. The van der Waals surface area contributed by atoms with E-state index in [0.717, 1.165) is 25.4 Å². The van der Waals surface area contributed by atoms with Crippen molar-refractivity contribution < 1.29 is 13.2 Å². The molecule has 0 aliphatic carbocycles. The van der Waals surface area contributed by atoms with Crippen LogP contribution in [0, 0.1) is 0 Å². The predicted molar refractivity (Wildman–Crippen MR) is 81.0 cm³/mol. The Hall–Kier alpha value is -0.760. The molecule has 0 aliphatic heterocycles. The standard InChI is InChI=1S/C13H12ClF3N2S2/c14-11-6-9(13(15,16)17)7-19-12(11)21-5-3-18-8-10-2-1-4-20-10/h1-2,4,6-7,18H,3,5,8H2. The average molecular weight is 353 g/mol. The highest BCUT2D eigenvalue weighted by Gasteiger charge is 2.31. The zero-order chi connectivity index (χ0) is 15.3. The summed E-state index contributed by atoms with van der Waals surface area (Å²) in [6, 6.07) is 4.94. The van der Waals surface area contributed by atoms with Gasteiger partial charge in [0.2, 0.25) is 0 Å². The Morgan fingerprint density at radius 1 is 1.38 bits per heavy atom. The smallest absolute Gasteiger partial charge is 0.311 e. The first-order chi connectivity index (χ1) is 9.97. The van der Waals surface area contributed by atoms with Gasteiger partial charge in [0.15, 0.2) is 0 Å². The fourth-order valence-electron chi connectivity index (χ4n) is 1.53. The first-order valence-electron chi connectivity index (χ1n) is 6.05. The third-order valence-corrected chi connectivity index (χ3v) is 4.82. The molecule has 2 heterocycles. The number of pyridine rings is 1. The maximum Gasteiger partial charge on any atom is 0.417 e. The highest BCUT2D eigenvalue weighted by molar-refractivity contribution is 7.99. The number of hydrogen-bond acceptors (Lipinski definition) is 4. The van der Waals surface area contributed by atoms with Gasteiger partial charge in [-0.25, -0.2) is 4.98 Å². The van der Waals surface area contributed by atoms with Gasteiger partial charge in [0, 0.05) is 29.9 Å². The zero-order valence-electron chi connectivity index (χ0n) is 10.8. The molecule has 1 N–H and O–H groups in total. The van der Waals surface area contributed by atoms with Gasteiger partial charge in [0.25, 0.3) is 0 Å². The van der Waals surface area contributed by atoms with Crippen LogP contribution in [0.4, 0.5) is 13.2 Å². The van der Waals surface area contributed by atoms with Gasteiger partial charge in [0.05, 0.1) is 10.6 Å². The Morgan fingerprint density at radius 3 is 2.81 bits per heavy atom.